The van der Waals surface area contributed by atoms with Gasteiger partial charge in [-0.05, 0) is 56.7 Å². The Labute approximate surface area is 182 Å². The Morgan fingerprint density at radius 2 is 1.90 bits per heavy atom. The van der Waals surface area contributed by atoms with Gasteiger partial charge in [-0.3, -0.25) is 0 Å². The van der Waals surface area contributed by atoms with E-state index in [2.05, 4.69) is 15.6 Å². The molecule has 162 valence electrons. The van der Waals surface area contributed by atoms with Crippen LogP contribution in [-0.4, -0.2) is 47.3 Å². The zero-order chi connectivity index (χ0) is 21.0. The second-order valence-corrected chi connectivity index (χ2v) is 8.95. The molecule has 30 heavy (non-hydrogen) atoms. The average Bonchev–Trinajstić information content (AvgIpc) is 2.76. The van der Waals surface area contributed by atoms with Gasteiger partial charge in [-0.25, -0.2) is 9.97 Å². The summed E-state index contributed by atoms with van der Waals surface area (Å²) >= 11 is 6.46. The van der Waals surface area contributed by atoms with Crippen molar-refractivity contribution in [1.82, 2.24) is 9.97 Å². The maximum Gasteiger partial charge on any atom is 0.126 e. The van der Waals surface area contributed by atoms with Crippen LogP contribution in [0.4, 0.5) is 11.6 Å². The number of nitrogens with one attached hydrogen (secondary N) is 2. The molecule has 1 aliphatic heterocycles. The van der Waals surface area contributed by atoms with Crippen LogP contribution in [0.3, 0.4) is 0 Å². The predicted molar refractivity (Wildman–Crippen MR) is 122 cm³/mol. The van der Waals surface area contributed by atoms with E-state index in [1.54, 1.807) is 6.20 Å². The molecular formula is C22H31ClN6O. The molecule has 7 nitrogen and oxygen atoms in total. The van der Waals surface area contributed by atoms with Gasteiger partial charge in [0.05, 0.1) is 10.7 Å². The number of anilines is 2. The largest absolute Gasteiger partial charge is 0.381 e. The first-order valence-corrected chi connectivity index (χ1v) is 11.1. The van der Waals surface area contributed by atoms with Crippen LogP contribution in [-0.2, 0) is 4.74 Å². The normalized spacial score (nSPS) is 23.7. The third-order valence-electron chi connectivity index (χ3n) is 6.11. The maximum atomic E-state index is 6.48. The highest BCUT2D eigenvalue weighted by molar-refractivity contribution is 6.33. The monoisotopic (exact) mass is 430 g/mol. The van der Waals surface area contributed by atoms with E-state index in [4.69, 9.17) is 32.8 Å². The van der Waals surface area contributed by atoms with Crippen molar-refractivity contribution < 1.29 is 4.74 Å². The van der Waals surface area contributed by atoms with Crippen LogP contribution in [0.1, 0.15) is 38.5 Å². The van der Waals surface area contributed by atoms with E-state index >= 15 is 0 Å². The number of rotatable bonds is 6. The van der Waals surface area contributed by atoms with E-state index in [1.807, 2.05) is 24.3 Å². The number of hydrogen-bond acceptors (Lipinski definition) is 7. The molecule has 2 aliphatic rings. The lowest BCUT2D eigenvalue weighted by atomic mass is 9.91. The summed E-state index contributed by atoms with van der Waals surface area (Å²) in [6.07, 6.45) is 7.58. The maximum absolute atomic E-state index is 6.48. The van der Waals surface area contributed by atoms with Gasteiger partial charge in [-0.1, -0.05) is 17.7 Å². The number of ether oxygens (including phenoxy) is 1. The molecular weight excluding hydrogens is 400 g/mol. The van der Waals surface area contributed by atoms with Crippen molar-refractivity contribution in [3.8, 4) is 11.3 Å². The summed E-state index contributed by atoms with van der Waals surface area (Å²) in [5.41, 5.74) is 13.9. The van der Waals surface area contributed by atoms with E-state index in [1.165, 1.54) is 0 Å². The second-order valence-electron chi connectivity index (χ2n) is 8.54. The minimum Gasteiger partial charge on any atom is -0.381 e. The smallest absolute Gasteiger partial charge is 0.126 e. The molecule has 0 unspecified atom stereocenters. The predicted octanol–water partition coefficient (Wildman–Crippen LogP) is 3.40. The third kappa shape index (κ3) is 5.40. The summed E-state index contributed by atoms with van der Waals surface area (Å²) in [5.74, 6) is 1.60. The van der Waals surface area contributed by atoms with Crippen molar-refractivity contribution in [2.45, 2.75) is 56.1 Å². The van der Waals surface area contributed by atoms with Crippen molar-refractivity contribution in [2.75, 3.05) is 30.4 Å². The summed E-state index contributed by atoms with van der Waals surface area (Å²) in [7, 11) is 0. The molecule has 0 amide bonds. The van der Waals surface area contributed by atoms with Crippen LogP contribution in [0.15, 0.2) is 30.5 Å². The van der Waals surface area contributed by atoms with E-state index in [0.717, 1.165) is 61.4 Å². The number of nitrogens with two attached hydrogens (primary N) is 2. The fraction of sp³-hybridized carbons (Fsp3) is 0.545. The van der Waals surface area contributed by atoms with Crippen LogP contribution in [0, 0.1) is 0 Å². The van der Waals surface area contributed by atoms with E-state index in [0.29, 0.717) is 36.9 Å². The molecule has 4 rings (SSSR count). The zero-order valence-electron chi connectivity index (χ0n) is 17.2. The fourth-order valence-corrected chi connectivity index (χ4v) is 4.29. The summed E-state index contributed by atoms with van der Waals surface area (Å²) in [6.45, 7) is 2.08. The summed E-state index contributed by atoms with van der Waals surface area (Å²) < 4.78 is 5.42. The lowest BCUT2D eigenvalue weighted by molar-refractivity contribution is 0.0574. The Morgan fingerprint density at radius 1 is 1.13 bits per heavy atom. The number of pyridine rings is 2. The minimum atomic E-state index is -0.260. The molecule has 1 aliphatic carbocycles. The van der Waals surface area contributed by atoms with Crippen molar-refractivity contribution in [1.29, 1.82) is 0 Å². The lowest BCUT2D eigenvalue weighted by Crippen LogP contribution is -2.50. The topological polar surface area (TPSA) is 111 Å². The van der Waals surface area contributed by atoms with Gasteiger partial charge in [0.15, 0.2) is 0 Å². The molecule has 0 spiro atoms. The molecule has 2 aromatic rings. The average molecular weight is 431 g/mol. The SMILES string of the molecule is NC1CCC(Nc2cc(-c3cccc(NCC4(N)CCOCC4)n3)c(Cl)cn2)CC1. The van der Waals surface area contributed by atoms with Gasteiger partial charge in [0.2, 0.25) is 0 Å². The molecule has 8 heteroatoms. The first-order chi connectivity index (χ1) is 14.5. The lowest BCUT2D eigenvalue weighted by Gasteiger charge is -2.33. The number of aromatic nitrogens is 2. The summed E-state index contributed by atoms with van der Waals surface area (Å²) in [4.78, 5) is 9.22. The van der Waals surface area contributed by atoms with Crippen molar-refractivity contribution in [2.24, 2.45) is 11.5 Å². The molecule has 2 fully saturated rings. The van der Waals surface area contributed by atoms with Crippen LogP contribution in [0.2, 0.25) is 5.02 Å². The number of halogens is 1. The van der Waals surface area contributed by atoms with Crippen molar-refractivity contribution in [3.05, 3.63) is 35.5 Å². The standard InChI is InChI=1S/C22H31ClN6O/c23-18-13-26-21(28-16-6-4-15(24)5-7-16)12-17(18)19-2-1-3-20(29-19)27-14-22(25)8-10-30-11-9-22/h1-3,12-13,15-16H,4-11,14,24-25H2,(H,26,28)(H,27,29). The van der Waals surface area contributed by atoms with Gasteiger partial charge in [-0.2, -0.15) is 0 Å². The number of nitrogens with zero attached hydrogens (tertiary/aromatic N) is 2. The van der Waals surface area contributed by atoms with E-state index < -0.39 is 0 Å². The molecule has 1 saturated heterocycles. The quantitative estimate of drug-likeness (QED) is 0.555. The fourth-order valence-electron chi connectivity index (χ4n) is 4.09. The zero-order valence-corrected chi connectivity index (χ0v) is 18.0. The Morgan fingerprint density at radius 3 is 2.67 bits per heavy atom. The van der Waals surface area contributed by atoms with Crippen LogP contribution < -0.4 is 22.1 Å². The number of hydrogen-bond donors (Lipinski definition) is 4. The Kier molecular flexibility index (Phi) is 6.73. The molecule has 0 bridgehead atoms. The Bertz CT molecular complexity index is 849. The summed E-state index contributed by atoms with van der Waals surface area (Å²) in [5, 5.41) is 7.50. The Balaban J connectivity index is 1.46. The summed E-state index contributed by atoms with van der Waals surface area (Å²) in [6, 6.07) is 8.59. The van der Waals surface area contributed by atoms with Gasteiger partial charge >= 0.3 is 0 Å². The van der Waals surface area contributed by atoms with Crippen LogP contribution in [0.25, 0.3) is 11.3 Å². The van der Waals surface area contributed by atoms with Gasteiger partial charge in [0.25, 0.3) is 0 Å². The van der Waals surface area contributed by atoms with Gasteiger partial charge in [-0.15, -0.1) is 0 Å². The van der Waals surface area contributed by atoms with Crippen molar-refractivity contribution in [3.63, 3.8) is 0 Å². The first-order valence-electron chi connectivity index (χ1n) is 10.8. The van der Waals surface area contributed by atoms with Gasteiger partial charge in [0.1, 0.15) is 11.6 Å². The van der Waals surface area contributed by atoms with Gasteiger partial charge in [0, 0.05) is 49.1 Å². The molecule has 6 N–H and O–H groups in total. The van der Waals surface area contributed by atoms with Crippen LogP contribution >= 0.6 is 11.6 Å². The van der Waals surface area contributed by atoms with E-state index in [-0.39, 0.29) is 5.54 Å². The molecule has 0 atom stereocenters. The first kappa shape index (κ1) is 21.3. The molecule has 0 radical (unpaired) electrons. The van der Waals surface area contributed by atoms with Crippen LogP contribution in [0.5, 0.6) is 0 Å². The molecule has 1 saturated carbocycles. The minimum absolute atomic E-state index is 0.260. The molecule has 3 heterocycles. The Hall–Kier alpha value is -1.93. The highest BCUT2D eigenvalue weighted by Gasteiger charge is 2.27. The highest BCUT2D eigenvalue weighted by Crippen LogP contribution is 2.30. The third-order valence-corrected chi connectivity index (χ3v) is 6.42. The van der Waals surface area contributed by atoms with Gasteiger partial charge < -0.3 is 26.8 Å². The molecule has 2 aromatic heterocycles. The van der Waals surface area contributed by atoms with E-state index in [9.17, 15) is 0 Å². The highest BCUT2D eigenvalue weighted by atomic mass is 35.5. The second kappa shape index (κ2) is 9.47. The molecule has 0 aromatic carbocycles. The van der Waals surface area contributed by atoms with Crippen molar-refractivity contribution >= 4 is 23.2 Å².